The zero-order valence-corrected chi connectivity index (χ0v) is 17.1. The number of nitrogens with zero attached hydrogens (tertiary/aromatic N) is 2. The fourth-order valence-corrected chi connectivity index (χ4v) is 4.62. The van der Waals surface area contributed by atoms with Gasteiger partial charge in [-0.05, 0) is 31.0 Å². The number of benzene rings is 2. The van der Waals surface area contributed by atoms with E-state index in [2.05, 4.69) is 15.0 Å². The molecule has 1 aromatic heterocycles. The van der Waals surface area contributed by atoms with Gasteiger partial charge in [0, 0.05) is 25.2 Å². The molecule has 164 valence electrons. The molecule has 4 rings (SSSR count). The molecule has 1 aliphatic rings. The van der Waals surface area contributed by atoms with Gasteiger partial charge in [-0.15, -0.1) is 13.2 Å². The summed E-state index contributed by atoms with van der Waals surface area (Å²) in [5.41, 5.74) is 0.554. The van der Waals surface area contributed by atoms with Crippen LogP contribution in [0.3, 0.4) is 0 Å². The first-order valence-electron chi connectivity index (χ1n) is 9.71. The van der Waals surface area contributed by atoms with Crippen molar-refractivity contribution in [2.75, 3.05) is 18.0 Å². The number of thiazole rings is 1. The van der Waals surface area contributed by atoms with Gasteiger partial charge in [0.15, 0.2) is 5.13 Å². The van der Waals surface area contributed by atoms with Crippen molar-refractivity contribution in [1.29, 1.82) is 0 Å². The lowest BCUT2D eigenvalue weighted by molar-refractivity contribution is -0.274. The maximum Gasteiger partial charge on any atom is 0.573 e. The Hall–Kier alpha value is -2.88. The monoisotopic (exact) mass is 453 g/mol. The highest BCUT2D eigenvalue weighted by atomic mass is 32.1. The summed E-state index contributed by atoms with van der Waals surface area (Å²) in [5, 5.41) is 3.37. The number of hydrogen-bond acceptors (Lipinski definition) is 5. The third kappa shape index (κ3) is 5.07. The lowest BCUT2D eigenvalue weighted by Crippen LogP contribution is -2.43. The molecule has 0 radical (unpaired) electrons. The molecule has 1 fully saturated rings. The van der Waals surface area contributed by atoms with Crippen LogP contribution in [-0.4, -0.2) is 30.3 Å². The number of hydrogen-bond donors (Lipinski definition) is 1. The van der Waals surface area contributed by atoms with Crippen LogP contribution in [0, 0.1) is 11.7 Å². The van der Waals surface area contributed by atoms with Crippen molar-refractivity contribution in [3.05, 3.63) is 53.8 Å². The highest BCUT2D eigenvalue weighted by molar-refractivity contribution is 7.22. The summed E-state index contributed by atoms with van der Waals surface area (Å²) >= 11 is 1.37. The standard InChI is InChI=1S/C21H19F4N3O2S/c22-15-7-3-9-17-18(15)27-20(31-17)28-10-4-6-14(12-28)19(29)26-11-13-5-1-2-8-16(13)30-21(23,24)25/h1-3,5,7-9,14H,4,6,10-12H2,(H,26,29). The van der Waals surface area contributed by atoms with Crippen LogP contribution in [-0.2, 0) is 11.3 Å². The number of halogens is 4. The average molecular weight is 453 g/mol. The van der Waals surface area contributed by atoms with Crippen LogP contribution in [0.25, 0.3) is 10.2 Å². The van der Waals surface area contributed by atoms with E-state index >= 15 is 0 Å². The van der Waals surface area contributed by atoms with Gasteiger partial charge in [-0.1, -0.05) is 35.6 Å². The van der Waals surface area contributed by atoms with Crippen molar-refractivity contribution in [3.8, 4) is 5.75 Å². The largest absolute Gasteiger partial charge is 0.573 e. The van der Waals surface area contributed by atoms with Crippen LogP contribution in [0.15, 0.2) is 42.5 Å². The van der Waals surface area contributed by atoms with Crippen molar-refractivity contribution < 1.29 is 27.1 Å². The summed E-state index contributed by atoms with van der Waals surface area (Å²) in [7, 11) is 0. The summed E-state index contributed by atoms with van der Waals surface area (Å²) in [6.45, 7) is 1.04. The van der Waals surface area contributed by atoms with Crippen LogP contribution in [0.2, 0.25) is 0 Å². The van der Waals surface area contributed by atoms with Gasteiger partial charge in [0.05, 0.1) is 10.6 Å². The van der Waals surface area contributed by atoms with Gasteiger partial charge < -0.3 is 15.0 Å². The second-order valence-electron chi connectivity index (χ2n) is 7.24. The molecule has 1 atom stereocenters. The summed E-state index contributed by atoms with van der Waals surface area (Å²) in [6.07, 6.45) is -3.40. The van der Waals surface area contributed by atoms with Gasteiger partial charge in [-0.25, -0.2) is 9.37 Å². The summed E-state index contributed by atoms with van der Waals surface area (Å²) in [6, 6.07) is 10.5. The number of anilines is 1. The lowest BCUT2D eigenvalue weighted by atomic mass is 9.97. The van der Waals surface area contributed by atoms with E-state index in [1.54, 1.807) is 18.2 Å². The van der Waals surface area contributed by atoms with E-state index in [-0.39, 0.29) is 35.5 Å². The van der Waals surface area contributed by atoms with Gasteiger partial charge in [0.1, 0.15) is 17.1 Å². The summed E-state index contributed by atoms with van der Waals surface area (Å²) in [4.78, 5) is 19.0. The Kier molecular flexibility index (Phi) is 5.99. The Morgan fingerprint density at radius 3 is 2.81 bits per heavy atom. The molecule has 1 amide bonds. The fraction of sp³-hybridized carbons (Fsp3) is 0.333. The van der Waals surface area contributed by atoms with Gasteiger partial charge in [-0.2, -0.15) is 0 Å². The van der Waals surface area contributed by atoms with E-state index in [1.165, 1.54) is 35.6 Å². The molecule has 5 nitrogen and oxygen atoms in total. The van der Waals surface area contributed by atoms with Crippen LogP contribution in [0.1, 0.15) is 18.4 Å². The quantitative estimate of drug-likeness (QED) is 0.561. The maximum atomic E-state index is 13.9. The van der Waals surface area contributed by atoms with E-state index in [4.69, 9.17) is 0 Å². The molecule has 3 aromatic rings. The number of carbonyl (C=O) groups excluding carboxylic acids is 1. The third-order valence-corrected chi connectivity index (χ3v) is 6.15. The number of piperidine rings is 1. The molecule has 1 N–H and O–H groups in total. The predicted octanol–water partition coefficient (Wildman–Crippen LogP) is 4.87. The zero-order chi connectivity index (χ0) is 22.0. The van der Waals surface area contributed by atoms with Crippen molar-refractivity contribution in [1.82, 2.24) is 10.3 Å². The highest BCUT2D eigenvalue weighted by Crippen LogP contribution is 2.33. The predicted molar refractivity (Wildman–Crippen MR) is 109 cm³/mol. The van der Waals surface area contributed by atoms with Gasteiger partial charge in [-0.3, -0.25) is 4.79 Å². The van der Waals surface area contributed by atoms with Crippen LogP contribution in [0.5, 0.6) is 5.75 Å². The van der Waals surface area contributed by atoms with Crippen molar-refractivity contribution in [2.24, 2.45) is 5.92 Å². The first-order valence-corrected chi connectivity index (χ1v) is 10.5. The van der Waals surface area contributed by atoms with E-state index < -0.39 is 6.36 Å². The summed E-state index contributed by atoms with van der Waals surface area (Å²) < 4.78 is 56.4. The molecule has 0 bridgehead atoms. The van der Waals surface area contributed by atoms with Gasteiger partial charge in [0.2, 0.25) is 5.91 Å². The molecule has 1 aliphatic heterocycles. The number of nitrogens with one attached hydrogen (secondary N) is 1. The number of alkyl halides is 3. The highest BCUT2D eigenvalue weighted by Gasteiger charge is 2.32. The van der Waals surface area contributed by atoms with Crippen LogP contribution in [0.4, 0.5) is 22.7 Å². The second kappa shape index (κ2) is 8.70. The number of para-hydroxylation sites is 2. The van der Waals surface area contributed by atoms with Crippen molar-refractivity contribution >= 4 is 32.6 Å². The van der Waals surface area contributed by atoms with Gasteiger partial charge in [0.25, 0.3) is 0 Å². The molecule has 1 saturated heterocycles. The molecule has 0 aliphatic carbocycles. The molecular formula is C21H19F4N3O2S. The zero-order valence-electron chi connectivity index (χ0n) is 16.3. The lowest BCUT2D eigenvalue weighted by Gasteiger charge is -2.31. The molecule has 2 heterocycles. The average Bonchev–Trinajstić information content (AvgIpc) is 3.18. The minimum absolute atomic E-state index is 0.0755. The minimum atomic E-state index is -4.80. The Labute approximate surface area is 179 Å². The van der Waals surface area contributed by atoms with Crippen LogP contribution >= 0.6 is 11.3 Å². The van der Waals surface area contributed by atoms with Gasteiger partial charge >= 0.3 is 6.36 Å². The number of rotatable bonds is 5. The van der Waals surface area contributed by atoms with E-state index in [0.717, 1.165) is 11.1 Å². The Balaban J connectivity index is 1.41. The normalized spacial score (nSPS) is 17.0. The molecule has 1 unspecified atom stereocenters. The van der Waals surface area contributed by atoms with Crippen molar-refractivity contribution in [2.45, 2.75) is 25.7 Å². The molecule has 0 saturated carbocycles. The SMILES string of the molecule is O=C(NCc1ccccc1OC(F)(F)F)C1CCCN(c2nc3c(F)cccc3s2)C1. The molecule has 10 heteroatoms. The first-order chi connectivity index (χ1) is 14.8. The maximum absolute atomic E-state index is 13.9. The fourth-order valence-electron chi connectivity index (χ4n) is 3.60. The van der Waals surface area contributed by atoms with Crippen LogP contribution < -0.4 is 15.0 Å². The Morgan fingerprint density at radius 2 is 2.03 bits per heavy atom. The van der Waals surface area contributed by atoms with E-state index in [9.17, 15) is 22.4 Å². The van der Waals surface area contributed by atoms with E-state index in [0.29, 0.717) is 30.2 Å². The Morgan fingerprint density at radius 1 is 1.23 bits per heavy atom. The smallest absolute Gasteiger partial charge is 0.405 e. The number of fused-ring (bicyclic) bond motifs is 1. The van der Waals surface area contributed by atoms with E-state index in [1.807, 2.05) is 4.90 Å². The number of amides is 1. The molecule has 2 aromatic carbocycles. The molecular weight excluding hydrogens is 434 g/mol. The number of ether oxygens (including phenoxy) is 1. The first kappa shape index (κ1) is 21.4. The molecule has 31 heavy (non-hydrogen) atoms. The topological polar surface area (TPSA) is 54.5 Å². The molecule has 0 spiro atoms. The van der Waals surface area contributed by atoms with Crippen molar-refractivity contribution in [3.63, 3.8) is 0 Å². The number of aromatic nitrogens is 1. The minimum Gasteiger partial charge on any atom is -0.405 e. The summed E-state index contributed by atoms with van der Waals surface area (Å²) in [5.74, 6) is -1.32. The third-order valence-electron chi connectivity index (χ3n) is 5.07. The number of carbonyl (C=O) groups is 1. The Bertz CT molecular complexity index is 1090. The second-order valence-corrected chi connectivity index (χ2v) is 8.25.